The third kappa shape index (κ3) is 2.99. The van der Waals surface area contributed by atoms with Gasteiger partial charge in [0.1, 0.15) is 5.00 Å². The first-order chi connectivity index (χ1) is 10.9. The first-order valence-electron chi connectivity index (χ1n) is 7.44. The summed E-state index contributed by atoms with van der Waals surface area (Å²) in [5.74, 6) is 0. The molecule has 3 rings (SSSR count). The molecule has 0 saturated carbocycles. The zero-order valence-corrected chi connectivity index (χ0v) is 14.9. The number of thiophene rings is 1. The molecule has 0 spiro atoms. The molecule has 0 fully saturated rings. The summed E-state index contributed by atoms with van der Waals surface area (Å²) in [6.45, 7) is 6.51. The molecule has 118 valence electrons. The Morgan fingerprint density at radius 3 is 2.26 bits per heavy atom. The van der Waals surface area contributed by atoms with E-state index in [1.807, 2.05) is 36.4 Å². The molecule has 1 heterocycles. The molecular formula is C19H18ClNOS. The van der Waals surface area contributed by atoms with Crippen molar-refractivity contribution in [3.05, 3.63) is 59.1 Å². The molecule has 2 aromatic carbocycles. The van der Waals surface area contributed by atoms with Crippen LogP contribution in [-0.2, 0) is 10.2 Å². The topological polar surface area (TPSA) is 20.3 Å². The molecule has 2 nitrogen and oxygen atoms in total. The Morgan fingerprint density at radius 2 is 1.70 bits per heavy atom. The minimum atomic E-state index is 0.0831. The lowest BCUT2D eigenvalue weighted by Gasteiger charge is -2.21. The number of benzene rings is 2. The van der Waals surface area contributed by atoms with Crippen molar-refractivity contribution in [1.29, 1.82) is 0 Å². The van der Waals surface area contributed by atoms with Crippen molar-refractivity contribution in [2.75, 3.05) is 4.90 Å². The fourth-order valence-corrected chi connectivity index (χ4v) is 4.01. The molecule has 1 amide bonds. The largest absolute Gasteiger partial charge is 0.278 e. The molecule has 1 aromatic heterocycles. The van der Waals surface area contributed by atoms with Crippen LogP contribution in [0.4, 0.5) is 10.7 Å². The predicted octanol–water partition coefficient (Wildman–Crippen LogP) is 6.15. The fraction of sp³-hybridized carbons (Fsp3) is 0.211. The van der Waals surface area contributed by atoms with Gasteiger partial charge in [0.15, 0.2) is 0 Å². The van der Waals surface area contributed by atoms with Crippen LogP contribution < -0.4 is 4.90 Å². The van der Waals surface area contributed by atoms with E-state index in [0.29, 0.717) is 5.02 Å². The molecule has 0 aliphatic carbocycles. The summed E-state index contributed by atoms with van der Waals surface area (Å²) in [6, 6.07) is 16.0. The van der Waals surface area contributed by atoms with Crippen LogP contribution in [0.15, 0.2) is 48.5 Å². The van der Waals surface area contributed by atoms with Gasteiger partial charge < -0.3 is 0 Å². The average Bonchev–Trinajstić information content (AvgIpc) is 2.85. The molecule has 0 aliphatic rings. The van der Waals surface area contributed by atoms with E-state index in [2.05, 4.69) is 32.9 Å². The van der Waals surface area contributed by atoms with Crippen molar-refractivity contribution in [3.63, 3.8) is 0 Å². The van der Waals surface area contributed by atoms with Crippen LogP contribution in [-0.4, -0.2) is 6.41 Å². The first-order valence-corrected chi connectivity index (χ1v) is 8.63. The van der Waals surface area contributed by atoms with Gasteiger partial charge >= 0.3 is 0 Å². The molecule has 3 aromatic rings. The summed E-state index contributed by atoms with van der Waals surface area (Å²) < 4.78 is 1.07. The summed E-state index contributed by atoms with van der Waals surface area (Å²) in [6.07, 6.45) is 0.822. The maximum absolute atomic E-state index is 11.7. The number of hydrogen-bond acceptors (Lipinski definition) is 2. The Hall–Kier alpha value is -1.84. The van der Waals surface area contributed by atoms with Crippen LogP contribution in [0.25, 0.3) is 10.1 Å². The second-order valence-electron chi connectivity index (χ2n) is 6.49. The zero-order valence-electron chi connectivity index (χ0n) is 13.3. The van der Waals surface area contributed by atoms with Gasteiger partial charge in [0.25, 0.3) is 0 Å². The predicted molar refractivity (Wildman–Crippen MR) is 100 cm³/mol. The molecule has 0 unspecified atom stereocenters. The maximum atomic E-state index is 11.7. The molecule has 0 atom stereocenters. The van der Waals surface area contributed by atoms with Gasteiger partial charge in [-0.3, -0.25) is 9.69 Å². The Morgan fingerprint density at radius 1 is 1.04 bits per heavy atom. The molecule has 23 heavy (non-hydrogen) atoms. The zero-order chi connectivity index (χ0) is 16.6. The van der Waals surface area contributed by atoms with E-state index < -0.39 is 0 Å². The number of carbonyl (C=O) groups is 1. The van der Waals surface area contributed by atoms with E-state index in [4.69, 9.17) is 11.6 Å². The number of rotatable bonds is 3. The van der Waals surface area contributed by atoms with Gasteiger partial charge in [0.05, 0.1) is 5.02 Å². The second-order valence-corrected chi connectivity index (χ2v) is 7.90. The number of halogens is 1. The van der Waals surface area contributed by atoms with Gasteiger partial charge in [-0.25, -0.2) is 0 Å². The van der Waals surface area contributed by atoms with Crippen molar-refractivity contribution in [2.45, 2.75) is 26.2 Å². The van der Waals surface area contributed by atoms with Crippen molar-refractivity contribution in [2.24, 2.45) is 0 Å². The number of fused-ring (bicyclic) bond motifs is 1. The lowest BCUT2D eigenvalue weighted by Crippen LogP contribution is -2.14. The van der Waals surface area contributed by atoms with Gasteiger partial charge in [-0.2, -0.15) is 0 Å². The van der Waals surface area contributed by atoms with Gasteiger partial charge in [-0.15, -0.1) is 11.3 Å². The fourth-order valence-electron chi connectivity index (χ4n) is 2.50. The van der Waals surface area contributed by atoms with Gasteiger partial charge in [-0.1, -0.05) is 62.7 Å². The summed E-state index contributed by atoms with van der Waals surface area (Å²) in [4.78, 5) is 13.3. The number of anilines is 2. The molecule has 0 radical (unpaired) electrons. The third-order valence-corrected chi connectivity index (χ3v) is 5.52. The van der Waals surface area contributed by atoms with Gasteiger partial charge in [-0.05, 0) is 29.2 Å². The standard InChI is InChI=1S/C19H18ClNOS/c1-19(2,3)13-8-10-14(11-9-13)21(12-22)18-17(20)15-6-4-5-7-16(15)23-18/h4-12H,1-3H3. The SMILES string of the molecule is CC(C)(C)c1ccc(N(C=O)c2sc3ccccc3c2Cl)cc1. The monoisotopic (exact) mass is 343 g/mol. The van der Waals surface area contributed by atoms with E-state index in [1.165, 1.54) is 16.9 Å². The van der Waals surface area contributed by atoms with Crippen molar-refractivity contribution in [1.82, 2.24) is 0 Å². The number of carbonyl (C=O) groups excluding carboxylic acids is 1. The second kappa shape index (κ2) is 5.99. The minimum Gasteiger partial charge on any atom is -0.278 e. The lowest BCUT2D eigenvalue weighted by atomic mass is 9.87. The van der Waals surface area contributed by atoms with Crippen LogP contribution >= 0.6 is 22.9 Å². The number of hydrogen-bond donors (Lipinski definition) is 0. The van der Waals surface area contributed by atoms with Gasteiger partial charge in [0, 0.05) is 15.8 Å². The highest BCUT2D eigenvalue weighted by molar-refractivity contribution is 7.23. The average molecular weight is 344 g/mol. The number of amides is 1. The van der Waals surface area contributed by atoms with Crippen molar-refractivity contribution < 1.29 is 4.79 Å². The molecular weight excluding hydrogens is 326 g/mol. The quantitative estimate of drug-likeness (QED) is 0.522. The Balaban J connectivity index is 2.05. The molecule has 0 aliphatic heterocycles. The highest BCUT2D eigenvalue weighted by Crippen LogP contribution is 2.43. The third-order valence-electron chi connectivity index (χ3n) is 3.85. The Labute approximate surface area is 145 Å². The minimum absolute atomic E-state index is 0.0831. The summed E-state index contributed by atoms with van der Waals surface area (Å²) in [7, 11) is 0. The first kappa shape index (κ1) is 16.0. The van der Waals surface area contributed by atoms with E-state index in [1.54, 1.807) is 4.90 Å². The molecule has 4 heteroatoms. The van der Waals surface area contributed by atoms with E-state index in [0.717, 1.165) is 27.2 Å². The van der Waals surface area contributed by atoms with Crippen LogP contribution in [0.3, 0.4) is 0 Å². The Bertz CT molecular complexity index is 846. The van der Waals surface area contributed by atoms with Crippen LogP contribution in [0.1, 0.15) is 26.3 Å². The van der Waals surface area contributed by atoms with Crippen LogP contribution in [0.5, 0.6) is 0 Å². The smallest absolute Gasteiger partial charge is 0.219 e. The van der Waals surface area contributed by atoms with E-state index in [-0.39, 0.29) is 5.41 Å². The van der Waals surface area contributed by atoms with Crippen LogP contribution in [0.2, 0.25) is 5.02 Å². The van der Waals surface area contributed by atoms with E-state index >= 15 is 0 Å². The molecule has 0 bridgehead atoms. The summed E-state index contributed by atoms with van der Waals surface area (Å²) in [5, 5.41) is 2.36. The molecule has 0 N–H and O–H groups in total. The number of nitrogens with zero attached hydrogens (tertiary/aromatic N) is 1. The van der Waals surface area contributed by atoms with Crippen molar-refractivity contribution in [3.8, 4) is 0 Å². The normalized spacial score (nSPS) is 11.7. The van der Waals surface area contributed by atoms with E-state index in [9.17, 15) is 4.79 Å². The lowest BCUT2D eigenvalue weighted by molar-refractivity contribution is -0.106. The summed E-state index contributed by atoms with van der Waals surface area (Å²) in [5.41, 5.74) is 2.13. The summed E-state index contributed by atoms with van der Waals surface area (Å²) >= 11 is 8.02. The highest BCUT2D eigenvalue weighted by atomic mass is 35.5. The highest BCUT2D eigenvalue weighted by Gasteiger charge is 2.19. The van der Waals surface area contributed by atoms with Crippen molar-refractivity contribution >= 4 is 50.1 Å². The maximum Gasteiger partial charge on any atom is 0.219 e. The molecule has 0 saturated heterocycles. The Kier molecular flexibility index (Phi) is 4.17. The van der Waals surface area contributed by atoms with Crippen LogP contribution in [0, 0.1) is 0 Å². The van der Waals surface area contributed by atoms with Gasteiger partial charge in [0.2, 0.25) is 6.41 Å².